The predicted octanol–water partition coefficient (Wildman–Crippen LogP) is 21.5. The molecule has 0 aromatic heterocycles. The standard InChI is InChI=1S/C68H118O6/c1-4-7-10-13-16-19-22-25-27-29-30-31-32-33-34-35-36-37-38-40-41-43-46-49-52-55-58-61-67(70)73-64-65(63-72-66(69)60-57-54-51-48-45-24-21-18-15-12-9-6-3)74-68(71)62-59-56-53-50-47-44-42-39-28-26-23-20-17-14-11-8-5-2/h8,11,17-18,20-22,25-26,28-30,32-33,65H,4-7,9-10,12-16,19,23-24,27,31,34-64H2,1-3H3/b11-8-,20-17-,21-18-,25-22-,28-26-,30-29-,33-32-. The van der Waals surface area contributed by atoms with E-state index >= 15 is 0 Å². The zero-order valence-corrected chi connectivity index (χ0v) is 48.8. The molecule has 74 heavy (non-hydrogen) atoms. The summed E-state index contributed by atoms with van der Waals surface area (Å²) in [7, 11) is 0. The molecule has 0 aromatic carbocycles. The molecule has 0 aliphatic rings. The summed E-state index contributed by atoms with van der Waals surface area (Å²) in [6.07, 6.45) is 81.6. The van der Waals surface area contributed by atoms with Gasteiger partial charge in [-0.3, -0.25) is 14.4 Å². The van der Waals surface area contributed by atoms with E-state index in [1.165, 1.54) is 167 Å². The predicted molar refractivity (Wildman–Crippen MR) is 321 cm³/mol. The third-order valence-electron chi connectivity index (χ3n) is 13.6. The Morgan fingerprint density at radius 3 is 0.865 bits per heavy atom. The molecule has 0 heterocycles. The molecule has 6 heteroatoms. The number of ether oxygens (including phenoxy) is 3. The Kier molecular flexibility index (Phi) is 59.3. The average molecular weight is 1030 g/mol. The van der Waals surface area contributed by atoms with Crippen LogP contribution in [0.5, 0.6) is 0 Å². The minimum Gasteiger partial charge on any atom is -0.462 e. The Hall–Kier alpha value is -3.41. The van der Waals surface area contributed by atoms with Crippen LogP contribution in [0, 0.1) is 0 Å². The average Bonchev–Trinajstić information content (AvgIpc) is 3.40. The second-order valence-corrected chi connectivity index (χ2v) is 20.9. The van der Waals surface area contributed by atoms with Crippen LogP contribution in [0.3, 0.4) is 0 Å². The van der Waals surface area contributed by atoms with E-state index in [4.69, 9.17) is 14.2 Å². The molecule has 0 saturated carbocycles. The van der Waals surface area contributed by atoms with E-state index in [9.17, 15) is 14.4 Å². The molecular formula is C68H118O6. The van der Waals surface area contributed by atoms with Crippen molar-refractivity contribution in [3.63, 3.8) is 0 Å². The van der Waals surface area contributed by atoms with E-state index < -0.39 is 6.10 Å². The van der Waals surface area contributed by atoms with Gasteiger partial charge in [0, 0.05) is 19.3 Å². The molecule has 1 atom stereocenters. The summed E-state index contributed by atoms with van der Waals surface area (Å²) in [6, 6.07) is 0. The highest BCUT2D eigenvalue weighted by Gasteiger charge is 2.19. The number of esters is 3. The van der Waals surface area contributed by atoms with Crippen molar-refractivity contribution < 1.29 is 28.6 Å². The SMILES string of the molecule is CC/C=C\C/C=C\C/C=C\CCCCCCCCCC(=O)OC(COC(=O)CCCCCCC/C=C\CCCCC)COC(=O)CCCCCCCCCCCCCC/C=C\C/C=C\C/C=C\CCCCCCC. The number of hydrogen-bond acceptors (Lipinski definition) is 6. The van der Waals surface area contributed by atoms with Gasteiger partial charge in [-0.05, 0) is 116 Å². The molecule has 0 fully saturated rings. The van der Waals surface area contributed by atoms with Gasteiger partial charge in [-0.15, -0.1) is 0 Å². The monoisotopic (exact) mass is 1030 g/mol. The number of rotatable bonds is 57. The van der Waals surface area contributed by atoms with Crippen LogP contribution in [-0.4, -0.2) is 37.2 Å². The summed E-state index contributed by atoms with van der Waals surface area (Å²) in [6.45, 7) is 6.50. The van der Waals surface area contributed by atoms with Gasteiger partial charge in [-0.2, -0.15) is 0 Å². The molecule has 0 radical (unpaired) electrons. The number of hydrogen-bond donors (Lipinski definition) is 0. The fourth-order valence-electron chi connectivity index (χ4n) is 8.87. The Bertz CT molecular complexity index is 1420. The van der Waals surface area contributed by atoms with E-state index in [-0.39, 0.29) is 31.1 Å². The highest BCUT2D eigenvalue weighted by atomic mass is 16.6. The topological polar surface area (TPSA) is 78.9 Å². The Morgan fingerprint density at radius 1 is 0.284 bits per heavy atom. The van der Waals surface area contributed by atoms with Gasteiger partial charge in [0.15, 0.2) is 6.10 Å². The maximum absolute atomic E-state index is 12.9. The van der Waals surface area contributed by atoms with Gasteiger partial charge in [0.25, 0.3) is 0 Å². The van der Waals surface area contributed by atoms with Crippen molar-refractivity contribution in [2.75, 3.05) is 13.2 Å². The summed E-state index contributed by atoms with van der Waals surface area (Å²) in [4.78, 5) is 38.2. The first-order chi connectivity index (χ1) is 36.5. The zero-order valence-electron chi connectivity index (χ0n) is 48.8. The number of carbonyl (C=O) groups is 3. The lowest BCUT2D eigenvalue weighted by Gasteiger charge is -2.18. The van der Waals surface area contributed by atoms with Crippen LogP contribution < -0.4 is 0 Å². The van der Waals surface area contributed by atoms with Crippen LogP contribution in [0.2, 0.25) is 0 Å². The van der Waals surface area contributed by atoms with Gasteiger partial charge < -0.3 is 14.2 Å². The molecule has 0 aliphatic heterocycles. The lowest BCUT2D eigenvalue weighted by molar-refractivity contribution is -0.167. The molecule has 426 valence electrons. The first kappa shape index (κ1) is 70.6. The first-order valence-electron chi connectivity index (χ1n) is 31.6. The molecule has 0 N–H and O–H groups in total. The Morgan fingerprint density at radius 2 is 0.527 bits per heavy atom. The van der Waals surface area contributed by atoms with Crippen molar-refractivity contribution in [1.82, 2.24) is 0 Å². The fraction of sp³-hybridized carbons (Fsp3) is 0.750. The maximum Gasteiger partial charge on any atom is 0.306 e. The highest BCUT2D eigenvalue weighted by molar-refractivity contribution is 5.71. The van der Waals surface area contributed by atoms with E-state index in [0.29, 0.717) is 19.3 Å². The highest BCUT2D eigenvalue weighted by Crippen LogP contribution is 2.16. The van der Waals surface area contributed by atoms with Gasteiger partial charge in [0.2, 0.25) is 0 Å². The second-order valence-electron chi connectivity index (χ2n) is 20.9. The summed E-state index contributed by atoms with van der Waals surface area (Å²) in [5, 5.41) is 0. The van der Waals surface area contributed by atoms with Crippen LogP contribution in [0.25, 0.3) is 0 Å². The van der Waals surface area contributed by atoms with Crippen molar-refractivity contribution in [2.45, 2.75) is 316 Å². The number of carbonyl (C=O) groups excluding carboxylic acids is 3. The van der Waals surface area contributed by atoms with E-state index in [1.54, 1.807) is 0 Å². The van der Waals surface area contributed by atoms with E-state index in [2.05, 4.69) is 106 Å². The van der Waals surface area contributed by atoms with Crippen molar-refractivity contribution in [3.05, 3.63) is 85.1 Å². The molecule has 0 aromatic rings. The third-order valence-corrected chi connectivity index (χ3v) is 13.6. The molecule has 0 spiro atoms. The first-order valence-corrected chi connectivity index (χ1v) is 31.6. The normalized spacial score (nSPS) is 12.6. The summed E-state index contributed by atoms with van der Waals surface area (Å²) in [5.74, 6) is -0.895. The smallest absolute Gasteiger partial charge is 0.306 e. The zero-order chi connectivity index (χ0) is 53.6. The van der Waals surface area contributed by atoms with Gasteiger partial charge in [0.05, 0.1) is 0 Å². The summed E-state index contributed by atoms with van der Waals surface area (Å²) < 4.78 is 16.9. The lowest BCUT2D eigenvalue weighted by atomic mass is 10.0. The Labute approximate surface area is 458 Å². The number of allylic oxidation sites excluding steroid dienone is 14. The molecule has 6 nitrogen and oxygen atoms in total. The van der Waals surface area contributed by atoms with Gasteiger partial charge in [-0.25, -0.2) is 0 Å². The molecule has 0 rings (SSSR count). The van der Waals surface area contributed by atoms with Crippen LogP contribution in [0.1, 0.15) is 310 Å². The van der Waals surface area contributed by atoms with Crippen molar-refractivity contribution >= 4 is 17.9 Å². The van der Waals surface area contributed by atoms with Crippen LogP contribution in [0.4, 0.5) is 0 Å². The molecule has 0 amide bonds. The molecule has 0 saturated heterocycles. The van der Waals surface area contributed by atoms with E-state index in [1.807, 2.05) is 0 Å². The summed E-state index contributed by atoms with van der Waals surface area (Å²) in [5.41, 5.74) is 0. The number of unbranched alkanes of at least 4 members (excludes halogenated alkanes) is 32. The molecule has 0 bridgehead atoms. The minimum absolute atomic E-state index is 0.0832. The maximum atomic E-state index is 12.9. The van der Waals surface area contributed by atoms with Gasteiger partial charge in [-0.1, -0.05) is 260 Å². The van der Waals surface area contributed by atoms with Crippen LogP contribution in [-0.2, 0) is 28.6 Å². The Balaban J connectivity index is 4.27. The van der Waals surface area contributed by atoms with Crippen LogP contribution in [0.15, 0.2) is 85.1 Å². The van der Waals surface area contributed by atoms with Gasteiger partial charge >= 0.3 is 17.9 Å². The van der Waals surface area contributed by atoms with Crippen LogP contribution >= 0.6 is 0 Å². The van der Waals surface area contributed by atoms with Crippen molar-refractivity contribution in [2.24, 2.45) is 0 Å². The fourth-order valence-corrected chi connectivity index (χ4v) is 8.87. The molecular weight excluding hydrogens is 913 g/mol. The van der Waals surface area contributed by atoms with Gasteiger partial charge in [0.1, 0.15) is 13.2 Å². The quantitative estimate of drug-likeness (QED) is 0.0261. The molecule has 0 aliphatic carbocycles. The third kappa shape index (κ3) is 59.5. The van der Waals surface area contributed by atoms with Crippen molar-refractivity contribution in [1.29, 1.82) is 0 Å². The second kappa shape index (κ2) is 62.1. The van der Waals surface area contributed by atoms with Crippen molar-refractivity contribution in [3.8, 4) is 0 Å². The lowest BCUT2D eigenvalue weighted by Crippen LogP contribution is -2.30. The summed E-state index contributed by atoms with van der Waals surface area (Å²) >= 11 is 0. The largest absolute Gasteiger partial charge is 0.462 e. The minimum atomic E-state index is -0.786. The molecule has 1 unspecified atom stereocenters. The van der Waals surface area contributed by atoms with E-state index in [0.717, 1.165) is 103 Å².